The van der Waals surface area contributed by atoms with Crippen LogP contribution >= 0.6 is 0 Å². The van der Waals surface area contributed by atoms with Gasteiger partial charge in [-0.15, -0.1) is 0 Å². The van der Waals surface area contributed by atoms with Gasteiger partial charge in [0.1, 0.15) is 11.2 Å². The number of aryl methyl sites for hydroxylation is 1. The molecule has 1 radical (unpaired) electrons. The summed E-state index contributed by atoms with van der Waals surface area (Å²) >= 11 is 0. The molecule has 2 nitrogen and oxygen atoms in total. The first kappa shape index (κ1) is 14.9. The van der Waals surface area contributed by atoms with Crippen LogP contribution in [0.1, 0.15) is 5.56 Å². The minimum Gasteiger partial charge on any atom is -0.456 e. The Balaban J connectivity index is 1.74. The predicted molar refractivity (Wildman–Crippen MR) is 106 cm³/mol. The monoisotopic (exact) mass is 334 g/mol. The van der Waals surface area contributed by atoms with E-state index >= 15 is 0 Å². The van der Waals surface area contributed by atoms with Crippen molar-refractivity contribution in [2.45, 2.75) is 6.92 Å². The second-order valence-electron chi connectivity index (χ2n) is 6.48. The van der Waals surface area contributed by atoms with Crippen LogP contribution in [0.5, 0.6) is 0 Å². The van der Waals surface area contributed by atoms with Crippen LogP contribution in [0.25, 0.3) is 44.3 Å². The van der Waals surface area contributed by atoms with Gasteiger partial charge in [0.15, 0.2) is 0 Å². The lowest BCUT2D eigenvalue weighted by Crippen LogP contribution is -1.86. The molecule has 0 fully saturated rings. The molecule has 0 N–H and O–H groups in total. The van der Waals surface area contributed by atoms with Gasteiger partial charge in [0.05, 0.1) is 5.69 Å². The lowest BCUT2D eigenvalue weighted by Gasteiger charge is -2.04. The largest absolute Gasteiger partial charge is 0.456 e. The quantitative estimate of drug-likeness (QED) is 0.372. The van der Waals surface area contributed by atoms with E-state index in [-0.39, 0.29) is 0 Å². The molecule has 0 aliphatic carbocycles. The van der Waals surface area contributed by atoms with Crippen molar-refractivity contribution >= 4 is 21.9 Å². The zero-order valence-corrected chi connectivity index (χ0v) is 14.4. The van der Waals surface area contributed by atoms with Gasteiger partial charge >= 0.3 is 0 Å². The Labute approximate surface area is 151 Å². The summed E-state index contributed by atoms with van der Waals surface area (Å²) in [6, 6.07) is 27.8. The zero-order valence-electron chi connectivity index (χ0n) is 14.4. The van der Waals surface area contributed by atoms with E-state index in [9.17, 15) is 0 Å². The summed E-state index contributed by atoms with van der Waals surface area (Å²) < 4.78 is 6.04. The van der Waals surface area contributed by atoms with Gasteiger partial charge in [0.25, 0.3) is 0 Å². The normalized spacial score (nSPS) is 11.3. The van der Waals surface area contributed by atoms with E-state index in [0.717, 1.165) is 33.2 Å². The van der Waals surface area contributed by atoms with Crippen LogP contribution in [0.2, 0.25) is 0 Å². The van der Waals surface area contributed by atoms with Gasteiger partial charge in [-0.25, -0.2) is 0 Å². The van der Waals surface area contributed by atoms with Crippen LogP contribution in [0, 0.1) is 13.0 Å². The molecule has 0 aliphatic rings. The highest BCUT2D eigenvalue weighted by Gasteiger charge is 2.11. The average molecular weight is 334 g/mol. The maximum atomic E-state index is 6.04. The maximum Gasteiger partial charge on any atom is 0.135 e. The molecule has 0 aliphatic heterocycles. The first-order valence-corrected chi connectivity index (χ1v) is 8.64. The molecule has 2 heteroatoms. The summed E-state index contributed by atoms with van der Waals surface area (Å²) in [6.07, 6.45) is 1.84. The molecule has 0 bridgehead atoms. The van der Waals surface area contributed by atoms with Gasteiger partial charge in [-0.3, -0.25) is 4.98 Å². The molecule has 123 valence electrons. The Morgan fingerprint density at radius 3 is 2.19 bits per heavy atom. The summed E-state index contributed by atoms with van der Waals surface area (Å²) in [5, 5.41) is 2.24. The highest BCUT2D eigenvalue weighted by atomic mass is 16.3. The molecule has 3 aromatic carbocycles. The molecule has 26 heavy (non-hydrogen) atoms. The van der Waals surface area contributed by atoms with Crippen LogP contribution in [0.4, 0.5) is 0 Å². The Morgan fingerprint density at radius 2 is 1.46 bits per heavy atom. The minimum absolute atomic E-state index is 0.899. The third kappa shape index (κ3) is 2.39. The molecule has 0 unspecified atom stereocenters. The number of hydrogen-bond donors (Lipinski definition) is 0. The number of nitrogens with zero attached hydrogens (tertiary/aromatic N) is 1. The molecule has 0 saturated carbocycles. The van der Waals surface area contributed by atoms with Gasteiger partial charge in [-0.05, 0) is 66.1 Å². The van der Waals surface area contributed by atoms with Crippen molar-refractivity contribution in [2.24, 2.45) is 0 Å². The number of hydrogen-bond acceptors (Lipinski definition) is 2. The Kier molecular flexibility index (Phi) is 3.36. The summed E-state index contributed by atoms with van der Waals surface area (Å²) in [6.45, 7) is 2.09. The maximum absolute atomic E-state index is 6.04. The number of pyridine rings is 1. The summed E-state index contributed by atoms with van der Waals surface area (Å²) in [5.74, 6) is 0. The Morgan fingerprint density at radius 1 is 0.769 bits per heavy atom. The summed E-state index contributed by atoms with van der Waals surface area (Å²) in [5.41, 5.74) is 7.44. The Bertz CT molecular complexity index is 1240. The third-order valence-electron chi connectivity index (χ3n) is 4.80. The number of aromatic nitrogens is 1. The van der Waals surface area contributed by atoms with Crippen molar-refractivity contribution in [3.8, 4) is 22.4 Å². The van der Waals surface area contributed by atoms with E-state index in [1.165, 1.54) is 16.7 Å². The van der Waals surface area contributed by atoms with E-state index in [2.05, 4.69) is 60.4 Å². The summed E-state index contributed by atoms with van der Waals surface area (Å²) in [4.78, 5) is 4.55. The van der Waals surface area contributed by atoms with Crippen LogP contribution in [-0.4, -0.2) is 4.98 Å². The number of benzene rings is 3. The average Bonchev–Trinajstić information content (AvgIpc) is 3.06. The highest BCUT2D eigenvalue weighted by molar-refractivity contribution is 6.07. The molecule has 5 aromatic rings. The van der Waals surface area contributed by atoms with Crippen LogP contribution in [0.15, 0.2) is 83.4 Å². The van der Waals surface area contributed by atoms with E-state index in [4.69, 9.17) is 4.42 Å². The minimum atomic E-state index is 0.899. The van der Waals surface area contributed by atoms with Crippen molar-refractivity contribution in [3.63, 3.8) is 0 Å². The fourth-order valence-corrected chi connectivity index (χ4v) is 3.47. The molecule has 0 spiro atoms. The molecular formula is C24H16NO. The lowest BCUT2D eigenvalue weighted by molar-refractivity contribution is 0.669. The smallest absolute Gasteiger partial charge is 0.135 e. The topological polar surface area (TPSA) is 26.0 Å². The number of fused-ring (bicyclic) bond motifs is 3. The van der Waals surface area contributed by atoms with Gasteiger partial charge in [-0.2, -0.15) is 0 Å². The van der Waals surface area contributed by atoms with Crippen LogP contribution in [-0.2, 0) is 0 Å². The van der Waals surface area contributed by atoms with Crippen molar-refractivity contribution < 1.29 is 4.42 Å². The SMILES string of the molecule is Cc1cccnc1-c1ccc2oc3ccc(-c4cc[c]cc4)cc3c2c1. The third-order valence-corrected chi connectivity index (χ3v) is 4.80. The first-order valence-electron chi connectivity index (χ1n) is 8.64. The van der Waals surface area contributed by atoms with Crippen molar-refractivity contribution in [1.82, 2.24) is 4.98 Å². The predicted octanol–water partition coefficient (Wildman–Crippen LogP) is 6.42. The van der Waals surface area contributed by atoms with Gasteiger partial charge in [-0.1, -0.05) is 36.4 Å². The fourth-order valence-electron chi connectivity index (χ4n) is 3.47. The van der Waals surface area contributed by atoms with Crippen molar-refractivity contribution in [1.29, 1.82) is 0 Å². The molecule has 0 amide bonds. The summed E-state index contributed by atoms with van der Waals surface area (Å²) in [7, 11) is 0. The molecule has 5 rings (SSSR count). The molecule has 0 atom stereocenters. The van der Waals surface area contributed by atoms with E-state index < -0.39 is 0 Å². The molecule has 2 heterocycles. The van der Waals surface area contributed by atoms with Crippen LogP contribution in [0.3, 0.4) is 0 Å². The van der Waals surface area contributed by atoms with Gasteiger partial charge in [0.2, 0.25) is 0 Å². The Hall–Kier alpha value is -3.39. The van der Waals surface area contributed by atoms with Crippen LogP contribution < -0.4 is 0 Å². The molecular weight excluding hydrogens is 318 g/mol. The molecule has 2 aromatic heterocycles. The highest BCUT2D eigenvalue weighted by Crippen LogP contribution is 2.35. The van der Waals surface area contributed by atoms with Crippen molar-refractivity contribution in [2.75, 3.05) is 0 Å². The fraction of sp³-hybridized carbons (Fsp3) is 0.0417. The second-order valence-corrected chi connectivity index (χ2v) is 6.48. The lowest BCUT2D eigenvalue weighted by atomic mass is 10.0. The van der Waals surface area contributed by atoms with Crippen molar-refractivity contribution in [3.05, 3.63) is 90.6 Å². The zero-order chi connectivity index (χ0) is 17.5. The van der Waals surface area contributed by atoms with Gasteiger partial charge < -0.3 is 4.42 Å². The number of rotatable bonds is 2. The van der Waals surface area contributed by atoms with E-state index in [0.29, 0.717) is 0 Å². The number of furan rings is 1. The second kappa shape index (κ2) is 5.85. The van der Waals surface area contributed by atoms with Gasteiger partial charge in [0, 0.05) is 22.5 Å². The standard InChI is InChI=1S/C24H16NO/c1-16-6-5-13-25-24(16)19-10-12-23-21(15-19)20-14-18(9-11-22(20)26-23)17-7-3-2-4-8-17/h3-15H,1H3. The van der Waals surface area contributed by atoms with E-state index in [1.54, 1.807) is 0 Å². The van der Waals surface area contributed by atoms with E-state index in [1.807, 2.05) is 36.5 Å². The molecule has 0 saturated heterocycles. The first-order chi connectivity index (χ1) is 12.8.